The Balaban J connectivity index is 2.77. The fourth-order valence-corrected chi connectivity index (χ4v) is 1.99. The van der Waals surface area contributed by atoms with Gasteiger partial charge < -0.3 is 5.73 Å². The van der Waals surface area contributed by atoms with Crippen molar-refractivity contribution in [1.82, 2.24) is 0 Å². The average Bonchev–Trinajstić information content (AvgIpc) is 2.15. The van der Waals surface area contributed by atoms with Crippen LogP contribution in [0.2, 0.25) is 0 Å². The van der Waals surface area contributed by atoms with Crippen molar-refractivity contribution in [3.05, 3.63) is 24.3 Å². The molecule has 0 bridgehead atoms. The number of hydrogen-bond acceptors (Lipinski definition) is 1. The van der Waals surface area contributed by atoms with E-state index < -0.39 is 0 Å². The van der Waals surface area contributed by atoms with Crippen LogP contribution in [0.15, 0.2) is 24.3 Å². The molecule has 2 heteroatoms. The molecule has 1 aliphatic carbocycles. The van der Waals surface area contributed by atoms with E-state index in [9.17, 15) is 4.79 Å². The highest BCUT2D eigenvalue weighted by Gasteiger charge is 2.34. The van der Waals surface area contributed by atoms with Crippen molar-refractivity contribution in [2.24, 2.45) is 17.1 Å². The summed E-state index contributed by atoms with van der Waals surface area (Å²) in [7, 11) is 0. The molecule has 78 valence electrons. The van der Waals surface area contributed by atoms with Crippen LogP contribution in [0, 0.1) is 11.3 Å². The smallest absolute Gasteiger partial charge is 0.225 e. The molecule has 0 aliphatic heterocycles. The fraction of sp³-hybridized carbons (Fsp3) is 0.583. The summed E-state index contributed by atoms with van der Waals surface area (Å²) >= 11 is 0. The third kappa shape index (κ3) is 2.25. The van der Waals surface area contributed by atoms with Gasteiger partial charge in [-0.3, -0.25) is 4.79 Å². The molecular weight excluding hydrogens is 174 g/mol. The van der Waals surface area contributed by atoms with Gasteiger partial charge >= 0.3 is 0 Å². The van der Waals surface area contributed by atoms with Crippen LogP contribution in [0.25, 0.3) is 0 Å². The summed E-state index contributed by atoms with van der Waals surface area (Å²) in [4.78, 5) is 11.3. The first-order valence-corrected chi connectivity index (χ1v) is 5.25. The van der Waals surface area contributed by atoms with Crippen molar-refractivity contribution in [2.45, 2.75) is 33.1 Å². The maximum atomic E-state index is 11.3. The largest absolute Gasteiger partial charge is 0.369 e. The standard InChI is InChI=1S/C12H19NO/c1-3-4-8-12(2)9-6-5-7-10(12)11(13)14/h5-7,9-10H,3-4,8H2,1-2H3,(H2,13,14). The second-order valence-electron chi connectivity index (χ2n) is 4.23. The molecule has 0 fully saturated rings. The van der Waals surface area contributed by atoms with Gasteiger partial charge in [-0.25, -0.2) is 0 Å². The number of carbonyl (C=O) groups is 1. The Kier molecular flexibility index (Phi) is 3.50. The number of allylic oxidation sites excluding steroid dienone is 3. The summed E-state index contributed by atoms with van der Waals surface area (Å²) in [6.45, 7) is 4.27. The number of rotatable bonds is 4. The highest BCUT2D eigenvalue weighted by molar-refractivity contribution is 5.80. The Morgan fingerprint density at radius 2 is 2.21 bits per heavy atom. The minimum atomic E-state index is -0.218. The molecule has 0 radical (unpaired) electrons. The minimum Gasteiger partial charge on any atom is -0.369 e. The molecule has 0 spiro atoms. The quantitative estimate of drug-likeness (QED) is 0.732. The first kappa shape index (κ1) is 11.0. The van der Waals surface area contributed by atoms with Crippen LogP contribution < -0.4 is 5.73 Å². The molecule has 2 atom stereocenters. The number of carbonyl (C=O) groups excluding carboxylic acids is 1. The molecular formula is C12H19NO. The van der Waals surface area contributed by atoms with Gasteiger partial charge in [0, 0.05) is 5.41 Å². The van der Waals surface area contributed by atoms with Crippen LogP contribution in [0.4, 0.5) is 0 Å². The van der Waals surface area contributed by atoms with Crippen molar-refractivity contribution < 1.29 is 4.79 Å². The first-order valence-electron chi connectivity index (χ1n) is 5.25. The van der Waals surface area contributed by atoms with E-state index in [1.807, 2.05) is 18.2 Å². The SMILES string of the molecule is CCCCC1(C)C=CC=CC1C(N)=O. The average molecular weight is 193 g/mol. The Bertz CT molecular complexity index is 267. The van der Waals surface area contributed by atoms with Crippen LogP contribution in [-0.4, -0.2) is 5.91 Å². The zero-order valence-electron chi connectivity index (χ0n) is 8.99. The molecule has 1 amide bonds. The van der Waals surface area contributed by atoms with Crippen molar-refractivity contribution >= 4 is 5.91 Å². The van der Waals surface area contributed by atoms with Gasteiger partial charge in [-0.2, -0.15) is 0 Å². The number of hydrogen-bond donors (Lipinski definition) is 1. The molecule has 14 heavy (non-hydrogen) atoms. The van der Waals surface area contributed by atoms with Gasteiger partial charge in [0.1, 0.15) is 0 Å². The van der Waals surface area contributed by atoms with E-state index in [1.54, 1.807) is 0 Å². The molecule has 2 nitrogen and oxygen atoms in total. The van der Waals surface area contributed by atoms with Crippen molar-refractivity contribution in [3.8, 4) is 0 Å². The summed E-state index contributed by atoms with van der Waals surface area (Å²) in [6, 6.07) is 0. The minimum absolute atomic E-state index is 0.0728. The molecule has 0 aromatic heterocycles. The van der Waals surface area contributed by atoms with Crippen molar-refractivity contribution in [2.75, 3.05) is 0 Å². The summed E-state index contributed by atoms with van der Waals surface area (Å²) in [5, 5.41) is 0. The zero-order chi connectivity index (χ0) is 10.6. The van der Waals surface area contributed by atoms with E-state index in [4.69, 9.17) is 5.73 Å². The lowest BCUT2D eigenvalue weighted by atomic mass is 9.71. The van der Waals surface area contributed by atoms with Crippen LogP contribution in [-0.2, 0) is 4.79 Å². The maximum absolute atomic E-state index is 11.3. The van der Waals surface area contributed by atoms with E-state index in [-0.39, 0.29) is 17.2 Å². The summed E-state index contributed by atoms with van der Waals surface area (Å²) < 4.78 is 0. The van der Waals surface area contributed by atoms with E-state index in [0.29, 0.717) is 0 Å². The van der Waals surface area contributed by atoms with Crippen LogP contribution >= 0.6 is 0 Å². The van der Waals surface area contributed by atoms with Crippen LogP contribution in [0.3, 0.4) is 0 Å². The summed E-state index contributed by atoms with van der Waals surface area (Å²) in [6.07, 6.45) is 11.3. The second-order valence-corrected chi connectivity index (χ2v) is 4.23. The van der Waals surface area contributed by atoms with E-state index in [1.165, 1.54) is 0 Å². The lowest BCUT2D eigenvalue weighted by Gasteiger charge is -2.33. The molecule has 0 saturated carbocycles. The van der Waals surface area contributed by atoms with Gasteiger partial charge in [0.25, 0.3) is 0 Å². The van der Waals surface area contributed by atoms with Crippen LogP contribution in [0.1, 0.15) is 33.1 Å². The molecule has 1 rings (SSSR count). The Hall–Kier alpha value is -1.05. The van der Waals surface area contributed by atoms with Crippen molar-refractivity contribution in [3.63, 3.8) is 0 Å². The molecule has 0 aromatic carbocycles. The number of nitrogens with two attached hydrogens (primary N) is 1. The summed E-state index contributed by atoms with van der Waals surface area (Å²) in [5.41, 5.74) is 5.32. The van der Waals surface area contributed by atoms with E-state index in [0.717, 1.165) is 19.3 Å². The summed E-state index contributed by atoms with van der Waals surface area (Å²) in [5.74, 6) is -0.358. The van der Waals surface area contributed by atoms with Crippen LogP contribution in [0.5, 0.6) is 0 Å². The molecule has 0 heterocycles. The molecule has 0 saturated heterocycles. The normalized spacial score (nSPS) is 30.6. The Morgan fingerprint density at radius 1 is 1.50 bits per heavy atom. The maximum Gasteiger partial charge on any atom is 0.225 e. The van der Waals surface area contributed by atoms with Gasteiger partial charge in [0.05, 0.1) is 5.92 Å². The molecule has 2 unspecified atom stereocenters. The lowest BCUT2D eigenvalue weighted by molar-refractivity contribution is -0.122. The third-order valence-corrected chi connectivity index (χ3v) is 2.98. The lowest BCUT2D eigenvalue weighted by Crippen LogP contribution is -2.36. The Morgan fingerprint density at radius 3 is 2.79 bits per heavy atom. The van der Waals surface area contributed by atoms with Gasteiger partial charge in [-0.1, -0.05) is 51.0 Å². The van der Waals surface area contributed by atoms with E-state index in [2.05, 4.69) is 19.9 Å². The Labute approximate surface area is 85.9 Å². The van der Waals surface area contributed by atoms with Gasteiger partial charge in [0.15, 0.2) is 0 Å². The van der Waals surface area contributed by atoms with E-state index >= 15 is 0 Å². The number of unbranched alkanes of at least 4 members (excludes halogenated alkanes) is 1. The molecule has 2 N–H and O–H groups in total. The van der Waals surface area contributed by atoms with Gasteiger partial charge in [-0.15, -0.1) is 0 Å². The van der Waals surface area contributed by atoms with Gasteiger partial charge in [-0.05, 0) is 6.42 Å². The third-order valence-electron chi connectivity index (χ3n) is 2.98. The monoisotopic (exact) mass is 193 g/mol. The predicted octanol–water partition coefficient (Wildman–Crippen LogP) is 2.41. The fourth-order valence-electron chi connectivity index (χ4n) is 1.99. The zero-order valence-corrected chi connectivity index (χ0v) is 8.99. The van der Waals surface area contributed by atoms with Gasteiger partial charge in [0.2, 0.25) is 5.91 Å². The predicted molar refractivity (Wildman–Crippen MR) is 58.6 cm³/mol. The molecule has 0 aromatic rings. The first-order chi connectivity index (χ1) is 6.60. The highest BCUT2D eigenvalue weighted by atomic mass is 16.1. The van der Waals surface area contributed by atoms with Crippen molar-refractivity contribution in [1.29, 1.82) is 0 Å². The highest BCUT2D eigenvalue weighted by Crippen LogP contribution is 2.37. The second kappa shape index (κ2) is 4.45. The topological polar surface area (TPSA) is 43.1 Å². The number of primary amides is 1. The molecule has 1 aliphatic rings. The number of amides is 1.